The van der Waals surface area contributed by atoms with Gasteiger partial charge in [-0.1, -0.05) is 206 Å². The average molecular weight is 933 g/mol. The second-order valence-corrected chi connectivity index (χ2v) is 20.0. The largest absolute Gasteiger partial charge is 0.462 e. The van der Waals surface area contributed by atoms with E-state index in [4.69, 9.17) is 18.9 Å². The smallest absolute Gasteiger partial charge is 0.306 e. The summed E-state index contributed by atoms with van der Waals surface area (Å²) in [4.78, 5) is 25.5. The van der Waals surface area contributed by atoms with E-state index in [0.29, 0.717) is 12.8 Å². The second kappa shape index (κ2) is 41.6. The Morgan fingerprint density at radius 3 is 1.30 bits per heavy atom. The van der Waals surface area contributed by atoms with Crippen LogP contribution in [0.3, 0.4) is 0 Å². The van der Waals surface area contributed by atoms with E-state index in [1.54, 1.807) is 0 Å². The van der Waals surface area contributed by atoms with E-state index in [9.17, 15) is 37.9 Å². The minimum Gasteiger partial charge on any atom is -0.462 e. The normalized spacial score (nSPS) is 19.6. The Morgan fingerprint density at radius 2 is 0.891 bits per heavy atom. The van der Waals surface area contributed by atoms with E-state index in [1.807, 2.05) is 0 Å². The van der Waals surface area contributed by atoms with Gasteiger partial charge in [0, 0.05) is 12.8 Å². The van der Waals surface area contributed by atoms with E-state index in [1.165, 1.54) is 167 Å². The Bertz CT molecular complexity index is 1230. The summed E-state index contributed by atoms with van der Waals surface area (Å²) < 4.78 is 54.3. The van der Waals surface area contributed by atoms with Gasteiger partial charge < -0.3 is 34.3 Å². The lowest BCUT2D eigenvalue weighted by molar-refractivity contribution is -0.297. The summed E-state index contributed by atoms with van der Waals surface area (Å²) in [5.41, 5.74) is 0. The molecule has 0 aromatic heterocycles. The molecule has 0 bridgehead atoms. The van der Waals surface area contributed by atoms with Crippen LogP contribution in [0.15, 0.2) is 12.2 Å². The maximum Gasteiger partial charge on any atom is 0.306 e. The maximum atomic E-state index is 12.9. The van der Waals surface area contributed by atoms with Gasteiger partial charge in [0.2, 0.25) is 0 Å². The van der Waals surface area contributed by atoms with Gasteiger partial charge in [-0.25, -0.2) is 0 Å². The number of hydrogen-bond acceptors (Lipinski definition) is 11. The molecule has 64 heavy (non-hydrogen) atoms. The molecule has 378 valence electrons. The van der Waals surface area contributed by atoms with E-state index in [0.717, 1.165) is 38.5 Å². The molecule has 1 rings (SSSR count). The summed E-state index contributed by atoms with van der Waals surface area (Å²) in [5.74, 6) is -1.96. The van der Waals surface area contributed by atoms with Crippen molar-refractivity contribution in [3.8, 4) is 0 Å². The highest BCUT2D eigenvalue weighted by atomic mass is 32.2. The van der Waals surface area contributed by atoms with Crippen LogP contribution in [0, 0.1) is 0 Å². The molecule has 1 aliphatic rings. The first kappa shape index (κ1) is 60.4. The number of ether oxygens (including phenoxy) is 4. The van der Waals surface area contributed by atoms with Gasteiger partial charge in [0.15, 0.2) is 12.4 Å². The van der Waals surface area contributed by atoms with E-state index < -0.39 is 71.2 Å². The van der Waals surface area contributed by atoms with Crippen molar-refractivity contribution in [2.75, 3.05) is 19.0 Å². The highest BCUT2D eigenvalue weighted by Crippen LogP contribution is 2.24. The zero-order valence-electron chi connectivity index (χ0n) is 40.7. The summed E-state index contributed by atoms with van der Waals surface area (Å²) in [6.45, 7) is 3.80. The fourth-order valence-corrected chi connectivity index (χ4v) is 8.95. The first-order valence-corrected chi connectivity index (χ1v) is 27.9. The van der Waals surface area contributed by atoms with Crippen molar-refractivity contribution in [1.29, 1.82) is 0 Å². The molecular formula is C51H96O12S. The zero-order valence-corrected chi connectivity index (χ0v) is 41.5. The number of esters is 2. The van der Waals surface area contributed by atoms with E-state index >= 15 is 0 Å². The van der Waals surface area contributed by atoms with Crippen LogP contribution in [-0.2, 0) is 38.7 Å². The van der Waals surface area contributed by atoms with Crippen molar-refractivity contribution in [3.05, 3.63) is 12.2 Å². The van der Waals surface area contributed by atoms with Crippen LogP contribution in [0.4, 0.5) is 0 Å². The average Bonchev–Trinajstić information content (AvgIpc) is 3.26. The molecule has 1 heterocycles. The maximum absolute atomic E-state index is 12.9. The van der Waals surface area contributed by atoms with Crippen LogP contribution in [-0.4, -0.2) is 96.0 Å². The number of unbranched alkanes of at least 4 members (excludes halogenated alkanes) is 31. The third-order valence-corrected chi connectivity index (χ3v) is 13.1. The van der Waals surface area contributed by atoms with Gasteiger partial charge in [0.1, 0.15) is 36.8 Å². The monoisotopic (exact) mass is 933 g/mol. The predicted octanol–water partition coefficient (Wildman–Crippen LogP) is 11.8. The molecule has 0 aliphatic carbocycles. The lowest BCUT2D eigenvalue weighted by Gasteiger charge is -2.40. The fourth-order valence-electron chi connectivity index (χ4n) is 8.26. The molecule has 0 aromatic carbocycles. The Balaban J connectivity index is 2.35. The highest BCUT2D eigenvalue weighted by molar-refractivity contribution is 7.85. The molecule has 4 N–H and O–H groups in total. The van der Waals surface area contributed by atoms with Crippen molar-refractivity contribution >= 4 is 22.1 Å². The molecule has 6 atom stereocenters. The summed E-state index contributed by atoms with van der Waals surface area (Å²) >= 11 is 0. The van der Waals surface area contributed by atoms with Crippen LogP contribution in [0.2, 0.25) is 0 Å². The predicted molar refractivity (Wildman–Crippen MR) is 257 cm³/mol. The number of aliphatic hydroxyl groups is 3. The van der Waals surface area contributed by atoms with Crippen LogP contribution >= 0.6 is 0 Å². The lowest BCUT2D eigenvalue weighted by Crippen LogP contribution is -2.60. The molecule has 0 aromatic rings. The molecule has 1 aliphatic heterocycles. The van der Waals surface area contributed by atoms with E-state index in [2.05, 4.69) is 26.0 Å². The van der Waals surface area contributed by atoms with Crippen LogP contribution < -0.4 is 0 Å². The Hall–Kier alpha value is -1.61. The zero-order chi connectivity index (χ0) is 46.9. The summed E-state index contributed by atoms with van der Waals surface area (Å²) in [5, 5.41) is 31.0. The number of carbonyl (C=O) groups is 2. The first-order chi connectivity index (χ1) is 31.0. The third-order valence-electron chi connectivity index (χ3n) is 12.3. The first-order valence-electron chi connectivity index (χ1n) is 26.2. The summed E-state index contributed by atoms with van der Waals surface area (Å²) in [6, 6.07) is 0. The number of rotatable bonds is 45. The van der Waals surface area contributed by atoms with Crippen LogP contribution in [0.25, 0.3) is 0 Å². The number of aliphatic hydroxyl groups excluding tert-OH is 3. The Kier molecular flexibility index (Phi) is 39.2. The second-order valence-electron chi connectivity index (χ2n) is 18.5. The van der Waals surface area contributed by atoms with Gasteiger partial charge in [0.25, 0.3) is 10.1 Å². The molecule has 1 saturated heterocycles. The molecule has 0 amide bonds. The Labute approximate surface area is 390 Å². The minimum absolute atomic E-state index is 0.168. The van der Waals surface area contributed by atoms with Crippen molar-refractivity contribution in [1.82, 2.24) is 0 Å². The van der Waals surface area contributed by atoms with Crippen LogP contribution in [0.5, 0.6) is 0 Å². The van der Waals surface area contributed by atoms with Gasteiger partial charge in [-0.2, -0.15) is 8.42 Å². The minimum atomic E-state index is -4.60. The third kappa shape index (κ3) is 35.6. The number of carbonyl (C=O) groups excluding carboxylic acids is 2. The number of allylic oxidation sites excluding steroid dienone is 2. The molecule has 0 spiro atoms. The molecule has 13 heteroatoms. The van der Waals surface area contributed by atoms with Crippen molar-refractivity contribution in [2.24, 2.45) is 0 Å². The SMILES string of the molecule is CCCCCCCC/C=C/CCCCCCCCCCCCCC(=O)O[C@H](COC(=O)CCCCCCCCCCCCCCCCC)CO[C@H]1O[C@H](CS(=O)(=O)O)[C@@H](O)C(O)C1O. The van der Waals surface area contributed by atoms with Gasteiger partial charge in [-0.3, -0.25) is 14.1 Å². The standard InChI is InChI=1S/C51H96O12S/c1-3-5-7-9-11-13-15-17-19-20-21-22-23-24-26-28-30-32-34-36-38-40-47(53)62-44(42-61-51-50(56)49(55)48(54)45(63-51)43-64(57,58)59)41-60-46(52)39-37-35-33-31-29-27-25-18-16-14-12-10-8-6-4-2/h17,19,44-45,48-51,54-56H,3-16,18,20-43H2,1-2H3,(H,57,58,59)/b19-17+/t44-,45-,48-,49?,50?,51+/m1/s1. The van der Waals surface area contributed by atoms with Gasteiger partial charge in [0.05, 0.1) is 6.61 Å². The molecular weight excluding hydrogens is 837 g/mol. The molecule has 12 nitrogen and oxygen atoms in total. The van der Waals surface area contributed by atoms with Crippen LogP contribution in [0.1, 0.15) is 245 Å². The van der Waals surface area contributed by atoms with E-state index in [-0.39, 0.29) is 19.4 Å². The summed E-state index contributed by atoms with van der Waals surface area (Å²) in [7, 11) is -4.60. The highest BCUT2D eigenvalue weighted by Gasteiger charge is 2.46. The topological polar surface area (TPSA) is 186 Å². The molecule has 0 radical (unpaired) electrons. The summed E-state index contributed by atoms with van der Waals surface area (Å²) in [6.07, 6.45) is 36.8. The van der Waals surface area contributed by atoms with Gasteiger partial charge >= 0.3 is 11.9 Å². The fraction of sp³-hybridized carbons (Fsp3) is 0.922. The lowest BCUT2D eigenvalue weighted by atomic mass is 10.00. The quantitative estimate of drug-likeness (QED) is 0.0196. The van der Waals surface area contributed by atoms with Crippen molar-refractivity contribution < 1.29 is 56.8 Å². The number of hydrogen-bond donors (Lipinski definition) is 4. The van der Waals surface area contributed by atoms with Crippen molar-refractivity contribution in [3.63, 3.8) is 0 Å². The van der Waals surface area contributed by atoms with Gasteiger partial charge in [-0.15, -0.1) is 0 Å². The molecule has 0 saturated carbocycles. The van der Waals surface area contributed by atoms with Gasteiger partial charge in [-0.05, 0) is 38.5 Å². The molecule has 2 unspecified atom stereocenters. The Morgan fingerprint density at radius 1 is 0.516 bits per heavy atom. The molecule has 1 fully saturated rings. The van der Waals surface area contributed by atoms with Crippen molar-refractivity contribution in [2.45, 2.75) is 282 Å².